The molecule has 0 aliphatic rings. The van der Waals surface area contributed by atoms with Gasteiger partial charge in [0, 0.05) is 0 Å². The molecule has 4 nitrogen and oxygen atoms in total. The maximum Gasteiger partial charge on any atom is 0.319 e. The molecule has 5 heteroatoms. The summed E-state index contributed by atoms with van der Waals surface area (Å²) in [5, 5.41) is 5.70. The van der Waals surface area contributed by atoms with Gasteiger partial charge in [-0.05, 0) is 23.9 Å². The van der Waals surface area contributed by atoms with E-state index in [0.29, 0.717) is 5.82 Å². The Morgan fingerprint density at radius 2 is 2.42 bits per heavy atom. The summed E-state index contributed by atoms with van der Waals surface area (Å²) in [7, 11) is 0. The van der Waals surface area contributed by atoms with Crippen LogP contribution in [0.2, 0.25) is 0 Å². The highest BCUT2D eigenvalue weighted by molar-refractivity contribution is 7.13. The lowest BCUT2D eigenvalue weighted by atomic mass is 10.3. The first-order valence-electron chi connectivity index (χ1n) is 3.41. The fourth-order valence-electron chi connectivity index (χ4n) is 0.929. The van der Waals surface area contributed by atoms with Crippen molar-refractivity contribution in [1.29, 1.82) is 0 Å². The Morgan fingerprint density at radius 1 is 1.58 bits per heavy atom. The zero-order valence-electron chi connectivity index (χ0n) is 6.44. The van der Waals surface area contributed by atoms with Crippen LogP contribution in [0.25, 0.3) is 10.7 Å². The van der Waals surface area contributed by atoms with Gasteiger partial charge in [-0.2, -0.15) is 4.98 Å². The summed E-state index contributed by atoms with van der Waals surface area (Å²) in [6.07, 6.45) is 0. The molecule has 0 unspecified atom stereocenters. The minimum absolute atomic E-state index is 0.109. The number of hydrogen-bond acceptors (Lipinski definition) is 5. The molecule has 2 aromatic rings. The predicted octanol–water partition coefficient (Wildman–Crippen LogP) is 1.69. The first-order valence-corrected chi connectivity index (χ1v) is 4.29. The summed E-state index contributed by atoms with van der Waals surface area (Å²) in [6, 6.07) is 2.12. The van der Waals surface area contributed by atoms with Gasteiger partial charge in [0.05, 0.1) is 4.88 Å². The van der Waals surface area contributed by atoms with Gasteiger partial charge in [0.15, 0.2) is 0 Å². The molecule has 2 N–H and O–H groups in total. The summed E-state index contributed by atoms with van der Waals surface area (Å²) < 4.78 is 4.67. The summed E-state index contributed by atoms with van der Waals surface area (Å²) in [5.74, 6) is 0.569. The number of nitrogen functional groups attached to an aromatic ring is 1. The molecule has 62 valence electrons. The van der Waals surface area contributed by atoms with Crippen LogP contribution in [0.4, 0.5) is 6.01 Å². The van der Waals surface area contributed by atoms with Crippen LogP contribution >= 0.6 is 11.3 Å². The van der Waals surface area contributed by atoms with E-state index in [-0.39, 0.29) is 6.01 Å². The van der Waals surface area contributed by atoms with Crippen LogP contribution in [0.1, 0.15) is 5.56 Å². The van der Waals surface area contributed by atoms with E-state index in [2.05, 4.69) is 14.7 Å². The quantitative estimate of drug-likeness (QED) is 0.727. The molecule has 0 radical (unpaired) electrons. The maximum atomic E-state index is 5.30. The highest BCUT2D eigenvalue weighted by Crippen LogP contribution is 2.26. The number of nitrogens with two attached hydrogens (primary N) is 1. The van der Waals surface area contributed by atoms with Crippen molar-refractivity contribution in [2.75, 3.05) is 5.73 Å². The molecular formula is C7H7N3OS. The first kappa shape index (κ1) is 7.30. The molecule has 2 heterocycles. The van der Waals surface area contributed by atoms with Gasteiger partial charge in [-0.3, -0.25) is 0 Å². The SMILES string of the molecule is Cc1ccsc1-c1noc(N)n1. The third-order valence-corrected chi connectivity index (χ3v) is 2.52. The third kappa shape index (κ3) is 1.08. The van der Waals surface area contributed by atoms with Crippen LogP contribution in [0.3, 0.4) is 0 Å². The second kappa shape index (κ2) is 2.60. The average Bonchev–Trinajstić information content (AvgIpc) is 2.58. The third-order valence-electron chi connectivity index (χ3n) is 1.51. The fraction of sp³-hybridized carbons (Fsp3) is 0.143. The smallest absolute Gasteiger partial charge is 0.319 e. The molecule has 0 aliphatic carbocycles. The van der Waals surface area contributed by atoms with E-state index in [9.17, 15) is 0 Å². The van der Waals surface area contributed by atoms with Gasteiger partial charge in [-0.1, -0.05) is 5.16 Å². The van der Waals surface area contributed by atoms with Gasteiger partial charge < -0.3 is 10.3 Å². The van der Waals surface area contributed by atoms with Gasteiger partial charge in [0.25, 0.3) is 0 Å². The number of rotatable bonds is 1. The Bertz CT molecular complexity index is 393. The van der Waals surface area contributed by atoms with Crippen LogP contribution in [0, 0.1) is 6.92 Å². The number of hydrogen-bond donors (Lipinski definition) is 1. The van der Waals surface area contributed by atoms with E-state index < -0.39 is 0 Å². The van der Waals surface area contributed by atoms with Crippen LogP contribution < -0.4 is 5.73 Å². The van der Waals surface area contributed by atoms with Crippen molar-refractivity contribution < 1.29 is 4.52 Å². The summed E-state index contributed by atoms with van der Waals surface area (Å²) in [5.41, 5.74) is 6.44. The van der Waals surface area contributed by atoms with Crippen molar-refractivity contribution >= 4 is 17.4 Å². The number of aromatic nitrogens is 2. The number of anilines is 1. The summed E-state index contributed by atoms with van der Waals surface area (Å²) in [4.78, 5) is 4.93. The van der Waals surface area contributed by atoms with Crippen molar-refractivity contribution in [2.24, 2.45) is 0 Å². The lowest BCUT2D eigenvalue weighted by Crippen LogP contribution is -1.83. The van der Waals surface area contributed by atoms with Crippen LogP contribution in [-0.4, -0.2) is 10.1 Å². The molecule has 2 aromatic heterocycles. The van der Waals surface area contributed by atoms with Gasteiger partial charge in [0.1, 0.15) is 0 Å². The van der Waals surface area contributed by atoms with Crippen LogP contribution in [0.15, 0.2) is 16.0 Å². The predicted molar refractivity (Wildman–Crippen MR) is 46.8 cm³/mol. The van der Waals surface area contributed by atoms with E-state index >= 15 is 0 Å². The Morgan fingerprint density at radius 3 is 2.92 bits per heavy atom. The Kier molecular flexibility index (Phi) is 1.58. The number of thiophene rings is 1. The molecule has 0 spiro atoms. The average molecular weight is 181 g/mol. The molecule has 12 heavy (non-hydrogen) atoms. The lowest BCUT2D eigenvalue weighted by molar-refractivity contribution is 0.437. The normalized spacial score (nSPS) is 10.4. The molecule has 0 atom stereocenters. The number of nitrogens with zero attached hydrogens (tertiary/aromatic N) is 2. The minimum atomic E-state index is 0.109. The van der Waals surface area contributed by atoms with Crippen molar-refractivity contribution in [3.63, 3.8) is 0 Å². The molecule has 0 aliphatic heterocycles. The van der Waals surface area contributed by atoms with E-state index in [1.807, 2.05) is 18.4 Å². The molecule has 0 bridgehead atoms. The maximum absolute atomic E-state index is 5.30. The first-order chi connectivity index (χ1) is 5.77. The van der Waals surface area contributed by atoms with E-state index in [1.54, 1.807) is 11.3 Å². The van der Waals surface area contributed by atoms with Crippen molar-refractivity contribution in [1.82, 2.24) is 10.1 Å². The zero-order chi connectivity index (χ0) is 8.55. The second-order valence-electron chi connectivity index (χ2n) is 2.39. The summed E-state index contributed by atoms with van der Waals surface area (Å²) in [6.45, 7) is 2.00. The summed E-state index contributed by atoms with van der Waals surface area (Å²) >= 11 is 1.58. The molecule has 0 aromatic carbocycles. The van der Waals surface area contributed by atoms with Crippen molar-refractivity contribution in [2.45, 2.75) is 6.92 Å². The lowest BCUT2D eigenvalue weighted by Gasteiger charge is -1.87. The molecular weight excluding hydrogens is 174 g/mol. The van der Waals surface area contributed by atoms with E-state index in [1.165, 1.54) is 0 Å². The van der Waals surface area contributed by atoms with Gasteiger partial charge in [-0.25, -0.2) is 0 Å². The standard InChI is InChI=1S/C7H7N3OS/c1-4-2-3-12-5(4)6-9-7(8)11-10-6/h2-3H,1H3,(H2,8,9,10). The Labute approximate surface area is 73.0 Å². The zero-order valence-corrected chi connectivity index (χ0v) is 7.26. The van der Waals surface area contributed by atoms with Gasteiger partial charge >= 0.3 is 6.01 Å². The fourth-order valence-corrected chi connectivity index (χ4v) is 1.78. The monoisotopic (exact) mass is 181 g/mol. The van der Waals surface area contributed by atoms with Crippen LogP contribution in [0.5, 0.6) is 0 Å². The largest absolute Gasteiger partial charge is 0.351 e. The van der Waals surface area contributed by atoms with E-state index in [0.717, 1.165) is 10.4 Å². The van der Waals surface area contributed by atoms with Crippen LogP contribution in [-0.2, 0) is 0 Å². The molecule has 0 fully saturated rings. The topological polar surface area (TPSA) is 64.9 Å². The Hall–Kier alpha value is -1.36. The Balaban J connectivity index is 2.50. The van der Waals surface area contributed by atoms with Crippen molar-refractivity contribution in [3.8, 4) is 10.7 Å². The minimum Gasteiger partial charge on any atom is -0.351 e. The van der Waals surface area contributed by atoms with Gasteiger partial charge in [-0.15, -0.1) is 11.3 Å². The molecule has 0 saturated carbocycles. The highest BCUT2D eigenvalue weighted by atomic mass is 32.1. The molecule has 0 amide bonds. The van der Waals surface area contributed by atoms with Crippen molar-refractivity contribution in [3.05, 3.63) is 17.0 Å². The molecule has 0 saturated heterocycles. The van der Waals surface area contributed by atoms with Gasteiger partial charge in [0.2, 0.25) is 5.82 Å². The second-order valence-corrected chi connectivity index (χ2v) is 3.31. The molecule has 2 rings (SSSR count). The highest BCUT2D eigenvalue weighted by Gasteiger charge is 2.09. The van der Waals surface area contributed by atoms with E-state index in [4.69, 9.17) is 5.73 Å². The number of aryl methyl sites for hydroxylation is 1.